The summed E-state index contributed by atoms with van der Waals surface area (Å²) >= 11 is 3.49. The summed E-state index contributed by atoms with van der Waals surface area (Å²) in [6.07, 6.45) is 4.68. The lowest BCUT2D eigenvalue weighted by molar-refractivity contribution is 0.723. The second kappa shape index (κ2) is 7.80. The average Bonchev–Trinajstić information content (AvgIpc) is 3.04. The van der Waals surface area contributed by atoms with Crippen LogP contribution in [0.1, 0.15) is 17.0 Å². The minimum absolute atomic E-state index is 0.644. The van der Waals surface area contributed by atoms with Crippen molar-refractivity contribution in [2.75, 3.05) is 11.9 Å². The number of benzene rings is 2. The van der Waals surface area contributed by atoms with Crippen molar-refractivity contribution >= 4 is 21.6 Å². The Morgan fingerprint density at radius 1 is 1.17 bits per heavy atom. The van der Waals surface area contributed by atoms with E-state index in [1.165, 1.54) is 5.56 Å². The molecule has 0 saturated heterocycles. The van der Waals surface area contributed by atoms with Gasteiger partial charge in [0.15, 0.2) is 0 Å². The monoisotopic (exact) mass is 380 g/mol. The highest BCUT2D eigenvalue weighted by Gasteiger charge is 2.05. The summed E-state index contributed by atoms with van der Waals surface area (Å²) < 4.78 is 3.07. The molecule has 0 atom stereocenters. The molecule has 5 heteroatoms. The molecule has 0 saturated carbocycles. The number of halogens is 1. The Morgan fingerprint density at radius 2 is 2.00 bits per heavy atom. The molecule has 0 amide bonds. The zero-order valence-electron chi connectivity index (χ0n) is 13.1. The fourth-order valence-corrected chi connectivity index (χ4v) is 3.05. The maximum Gasteiger partial charge on any atom is 0.110 e. The van der Waals surface area contributed by atoms with Crippen LogP contribution < -0.4 is 5.32 Å². The highest BCUT2D eigenvalue weighted by Crippen LogP contribution is 2.23. The fourth-order valence-electron chi connectivity index (χ4n) is 2.53. The van der Waals surface area contributed by atoms with Crippen LogP contribution in [0.4, 0.5) is 5.69 Å². The molecule has 0 aliphatic rings. The second-order valence-corrected chi connectivity index (χ2v) is 6.29. The zero-order chi connectivity index (χ0) is 16.8. The lowest BCUT2D eigenvalue weighted by Gasteiger charge is -2.11. The van der Waals surface area contributed by atoms with Gasteiger partial charge in [-0.2, -0.15) is 5.26 Å². The SMILES string of the molecule is N#Cc1ccc(NCCc2nccn2Cc2ccccc2)c(Br)c1. The van der Waals surface area contributed by atoms with Crippen LogP contribution in [-0.2, 0) is 13.0 Å². The van der Waals surface area contributed by atoms with Crippen LogP contribution in [0.2, 0.25) is 0 Å². The highest BCUT2D eigenvalue weighted by atomic mass is 79.9. The van der Waals surface area contributed by atoms with Crippen molar-refractivity contribution in [3.05, 3.63) is 82.3 Å². The van der Waals surface area contributed by atoms with E-state index in [9.17, 15) is 0 Å². The van der Waals surface area contributed by atoms with Gasteiger partial charge >= 0.3 is 0 Å². The van der Waals surface area contributed by atoms with Gasteiger partial charge in [0.25, 0.3) is 0 Å². The first-order chi connectivity index (χ1) is 11.8. The predicted octanol–water partition coefficient (Wildman–Crippen LogP) is 4.22. The summed E-state index contributed by atoms with van der Waals surface area (Å²) in [6.45, 7) is 1.60. The van der Waals surface area contributed by atoms with E-state index in [2.05, 4.69) is 61.1 Å². The molecule has 1 aromatic heterocycles. The predicted molar refractivity (Wildman–Crippen MR) is 98.8 cm³/mol. The van der Waals surface area contributed by atoms with E-state index in [0.717, 1.165) is 35.5 Å². The molecule has 0 spiro atoms. The van der Waals surface area contributed by atoms with Gasteiger partial charge in [-0.25, -0.2) is 4.98 Å². The van der Waals surface area contributed by atoms with Crippen LogP contribution in [0, 0.1) is 11.3 Å². The van der Waals surface area contributed by atoms with Crippen LogP contribution in [-0.4, -0.2) is 16.1 Å². The number of nitrogens with zero attached hydrogens (tertiary/aromatic N) is 3. The number of aromatic nitrogens is 2. The fraction of sp³-hybridized carbons (Fsp3) is 0.158. The van der Waals surface area contributed by atoms with E-state index in [4.69, 9.17) is 5.26 Å². The van der Waals surface area contributed by atoms with Gasteiger partial charge in [0.1, 0.15) is 5.82 Å². The Morgan fingerprint density at radius 3 is 2.75 bits per heavy atom. The molecule has 0 unspecified atom stereocenters. The minimum Gasteiger partial charge on any atom is -0.384 e. The quantitative estimate of drug-likeness (QED) is 0.696. The topological polar surface area (TPSA) is 53.6 Å². The molecule has 1 heterocycles. The number of hydrogen-bond donors (Lipinski definition) is 1. The maximum absolute atomic E-state index is 8.90. The van der Waals surface area contributed by atoms with Gasteiger partial charge in [-0.15, -0.1) is 0 Å². The molecular formula is C19H17BrN4. The summed E-state index contributed by atoms with van der Waals surface area (Å²) in [6, 6.07) is 18.0. The van der Waals surface area contributed by atoms with Crippen LogP contribution in [0.15, 0.2) is 65.4 Å². The van der Waals surface area contributed by atoms with Gasteiger partial charge in [-0.1, -0.05) is 30.3 Å². The third-order valence-electron chi connectivity index (χ3n) is 3.76. The molecule has 3 rings (SSSR count). The molecule has 3 aromatic rings. The average molecular weight is 381 g/mol. The number of rotatable bonds is 6. The van der Waals surface area contributed by atoms with Crippen LogP contribution >= 0.6 is 15.9 Å². The van der Waals surface area contributed by atoms with Crippen molar-refractivity contribution in [3.8, 4) is 6.07 Å². The Bertz CT molecular complexity index is 849. The second-order valence-electron chi connectivity index (χ2n) is 5.44. The van der Waals surface area contributed by atoms with E-state index in [1.54, 1.807) is 0 Å². The summed E-state index contributed by atoms with van der Waals surface area (Å²) in [5.74, 6) is 1.05. The molecule has 2 aromatic carbocycles. The lowest BCUT2D eigenvalue weighted by Crippen LogP contribution is -2.11. The number of anilines is 1. The molecule has 0 aliphatic heterocycles. The van der Waals surface area contributed by atoms with Crippen LogP contribution in [0.5, 0.6) is 0 Å². The molecule has 0 bridgehead atoms. The standard InChI is InChI=1S/C19H17BrN4/c20-17-12-16(13-21)6-7-18(17)22-9-8-19-23-10-11-24(19)14-15-4-2-1-3-5-15/h1-7,10-12,22H,8-9,14H2. The Kier molecular flexibility index (Phi) is 5.29. The van der Waals surface area contributed by atoms with Gasteiger partial charge in [-0.05, 0) is 39.7 Å². The number of nitriles is 1. The van der Waals surface area contributed by atoms with E-state index in [0.29, 0.717) is 5.56 Å². The number of nitrogens with one attached hydrogen (secondary N) is 1. The molecule has 0 fully saturated rings. The lowest BCUT2D eigenvalue weighted by atomic mass is 10.2. The van der Waals surface area contributed by atoms with Crippen molar-refractivity contribution < 1.29 is 0 Å². The van der Waals surface area contributed by atoms with Gasteiger partial charge in [0, 0.05) is 42.1 Å². The third-order valence-corrected chi connectivity index (χ3v) is 4.42. The van der Waals surface area contributed by atoms with E-state index >= 15 is 0 Å². The molecule has 0 radical (unpaired) electrons. The normalized spacial score (nSPS) is 10.3. The van der Waals surface area contributed by atoms with E-state index in [1.807, 2.05) is 36.7 Å². The zero-order valence-corrected chi connectivity index (χ0v) is 14.7. The summed E-state index contributed by atoms with van der Waals surface area (Å²) in [5, 5.41) is 12.3. The Hall–Kier alpha value is -2.58. The number of imidazole rings is 1. The van der Waals surface area contributed by atoms with Gasteiger partial charge < -0.3 is 9.88 Å². The summed E-state index contributed by atoms with van der Waals surface area (Å²) in [7, 11) is 0. The highest BCUT2D eigenvalue weighted by molar-refractivity contribution is 9.10. The minimum atomic E-state index is 0.644. The van der Waals surface area contributed by atoms with E-state index < -0.39 is 0 Å². The van der Waals surface area contributed by atoms with Crippen molar-refractivity contribution in [3.63, 3.8) is 0 Å². The van der Waals surface area contributed by atoms with Gasteiger partial charge in [0.05, 0.1) is 11.6 Å². The molecular weight excluding hydrogens is 364 g/mol. The van der Waals surface area contributed by atoms with Crippen molar-refractivity contribution in [1.29, 1.82) is 5.26 Å². The summed E-state index contributed by atoms with van der Waals surface area (Å²) in [5.41, 5.74) is 2.89. The third kappa shape index (κ3) is 4.03. The smallest absolute Gasteiger partial charge is 0.110 e. The first-order valence-electron chi connectivity index (χ1n) is 7.74. The van der Waals surface area contributed by atoms with Crippen LogP contribution in [0.25, 0.3) is 0 Å². The van der Waals surface area contributed by atoms with Gasteiger partial charge in [0.2, 0.25) is 0 Å². The van der Waals surface area contributed by atoms with E-state index in [-0.39, 0.29) is 0 Å². The first kappa shape index (κ1) is 16.3. The summed E-state index contributed by atoms with van der Waals surface area (Å²) in [4.78, 5) is 4.46. The first-order valence-corrected chi connectivity index (χ1v) is 8.53. The Labute approximate surface area is 149 Å². The Balaban J connectivity index is 1.60. The van der Waals surface area contributed by atoms with Crippen molar-refractivity contribution in [2.45, 2.75) is 13.0 Å². The van der Waals surface area contributed by atoms with Crippen molar-refractivity contribution in [2.24, 2.45) is 0 Å². The number of hydrogen-bond acceptors (Lipinski definition) is 3. The maximum atomic E-state index is 8.90. The molecule has 1 N–H and O–H groups in total. The largest absolute Gasteiger partial charge is 0.384 e. The van der Waals surface area contributed by atoms with Crippen LogP contribution in [0.3, 0.4) is 0 Å². The molecule has 0 aliphatic carbocycles. The molecule has 4 nitrogen and oxygen atoms in total. The molecule has 24 heavy (non-hydrogen) atoms. The van der Waals surface area contributed by atoms with Gasteiger partial charge in [-0.3, -0.25) is 0 Å². The molecule has 120 valence electrons. The van der Waals surface area contributed by atoms with Crippen molar-refractivity contribution in [1.82, 2.24) is 9.55 Å².